The summed E-state index contributed by atoms with van der Waals surface area (Å²) in [6, 6.07) is 22.1. The first-order chi connectivity index (χ1) is 55.1. The fourth-order valence-corrected chi connectivity index (χ4v) is 23.4. The van der Waals surface area contributed by atoms with Crippen LogP contribution in [0.3, 0.4) is 0 Å². The summed E-state index contributed by atoms with van der Waals surface area (Å²) in [6.45, 7) is -0.165. The number of carbonyl (C=O) groups excluding carboxylic acids is 8. The molecule has 22 atom stereocenters. The summed E-state index contributed by atoms with van der Waals surface area (Å²) < 4.78 is 38.3. The summed E-state index contributed by atoms with van der Waals surface area (Å²) in [5.41, 5.74) is -7.33. The second-order valence-electron chi connectivity index (χ2n) is 30.2. The molecule has 10 aliphatic rings. The van der Waals surface area contributed by atoms with Crippen LogP contribution in [0.15, 0.2) is 97.1 Å². The van der Waals surface area contributed by atoms with Gasteiger partial charge in [-0.2, -0.15) is 0 Å². The van der Waals surface area contributed by atoms with Crippen molar-refractivity contribution in [2.24, 2.45) is 107 Å². The lowest BCUT2D eigenvalue weighted by Crippen LogP contribution is -2.70. The number of carbonyl (C=O) groups is 8. The maximum atomic E-state index is 15.8. The molecular formula is C73H80N16O22S4. The number of methoxy groups -OCH3 is 4. The van der Waals surface area contributed by atoms with Crippen molar-refractivity contribution in [3.63, 3.8) is 0 Å². The molecule has 4 aromatic carbocycles. The highest BCUT2D eigenvalue weighted by Crippen LogP contribution is 2.88. The molecule has 0 radical (unpaired) electrons. The number of esters is 4. The smallest absolute Gasteiger partial charge is 0.338 e. The van der Waals surface area contributed by atoms with Crippen molar-refractivity contribution in [1.29, 1.82) is 0 Å². The van der Waals surface area contributed by atoms with Gasteiger partial charge in [-0.3, -0.25) is 59.6 Å². The Hall–Kier alpha value is -11.1. The molecule has 4 amide bonds. The normalized spacial score (nSPS) is 31.9. The summed E-state index contributed by atoms with van der Waals surface area (Å²) in [4.78, 5) is 168. The molecule has 6 aliphatic carbocycles. The van der Waals surface area contributed by atoms with Gasteiger partial charge < -0.3 is 92.2 Å². The molecule has 10 fully saturated rings. The van der Waals surface area contributed by atoms with E-state index in [0.717, 1.165) is 28.4 Å². The van der Waals surface area contributed by atoms with Crippen molar-refractivity contribution in [1.82, 2.24) is 42.5 Å². The molecule has 12 N–H and O–H groups in total. The zero-order valence-electron chi connectivity index (χ0n) is 61.8. The minimum absolute atomic E-state index is 0.0330. The first kappa shape index (κ1) is 80.5. The van der Waals surface area contributed by atoms with Crippen molar-refractivity contribution in [2.45, 2.75) is 41.7 Å². The minimum atomic E-state index is -2.13. The van der Waals surface area contributed by atoms with E-state index < -0.39 is 196 Å². The standard InChI is InChI=1S/C73H80N16O22S4/c1-106-62(94)70-50-40-29-41(47(59(91)75-22-26-79-67(113)83-33-7-15-37(16-8-33)87(100)101)46(40)58(90)74-21-25-78-66(112)82-32-5-13-36(14-6-32)86(98)99)51(50)71(110-70,63(95)107-2)55-45-31-44(54(55)70)56-57(45)73(65(97)109-4)53-43-30-42(52(53)72(56,111-73)64(96)108-3)48(60(92)76-23-27-80-68(114)84-34-9-17-38(18-10-34)88(102)103)49(43)61(93)77-24-28-81-69(115)85-35-11-19-39(20-12-35)89(104)105/h5-20,40-57H,21-31H2,1-4H3,(H,74,90)(H,75,91)(H,76,92)(H,77,93)(H2,78,82,112)(H2,79,83,113)(H2,80,84,114)(H2,81,85,115)/t40-,41+,42+,43-,44?,45?,46-,47+,48+,49-,50-,51+,52+,53-,54+,55-,56-,57+,70-,71+,72+,73-. The van der Waals surface area contributed by atoms with E-state index in [4.69, 9.17) is 77.3 Å². The number of nitrogens with zero attached hydrogens (tertiary/aromatic N) is 4. The van der Waals surface area contributed by atoms with Crippen LogP contribution in [0, 0.1) is 147 Å². The number of benzene rings is 4. The van der Waals surface area contributed by atoms with Gasteiger partial charge in [0.05, 0.1) is 71.8 Å². The van der Waals surface area contributed by atoms with Gasteiger partial charge in [0.1, 0.15) is 0 Å². The number of rotatable bonds is 28. The molecule has 2 unspecified atom stereocenters. The number of hydrogen-bond donors (Lipinski definition) is 12. The number of fused-ring (bicyclic) bond motifs is 30. The fourth-order valence-electron chi connectivity index (χ4n) is 22.5. The molecule has 4 heterocycles. The van der Waals surface area contributed by atoms with E-state index in [1.807, 2.05) is 0 Å². The molecule has 14 rings (SSSR count). The van der Waals surface area contributed by atoms with E-state index in [0.29, 0.717) is 22.7 Å². The first-order valence-electron chi connectivity index (χ1n) is 37.1. The number of non-ortho nitro benzene ring substituents is 4. The second kappa shape index (κ2) is 31.6. The Morgan fingerprint density at radius 1 is 0.322 bits per heavy atom. The fraction of sp³-hybridized carbons (Fsp3) is 0.507. The molecule has 115 heavy (non-hydrogen) atoms. The SMILES string of the molecule is COC(=O)[C@@]12O[C@@](C(=O)OC)([C@H]3[C@H]4C[C@H]([C@@H](C(=O)NCCNC(=S)Nc5ccc([N+](=O)[O-])cc5)[C@H]4C(=O)NCCNC(=S)Nc4ccc([N+](=O)[O-])cc4)[C@H]31)[C@@H]1C3CC([C@@H]4[C@H]3[C@]3(C(=O)OC)O[C@@]4(C(=O)OC)[C@H]4[C@H]5C[C@H]([C@@H](C(=O)NCCNC(=S)Nc6ccc([N+](=O)[O-])cc6)[C@H]5C(=O)NCCNC(=S)Nc5ccc([N+](=O)[O-])cc5)[C@H]43)[C@@H]12. The Kier molecular flexibility index (Phi) is 22.1. The quantitative estimate of drug-likeness (QED) is 0.00970. The number of thiocarbonyl (C=S) groups is 4. The van der Waals surface area contributed by atoms with Crippen molar-refractivity contribution >= 4 is 162 Å². The summed E-state index contributed by atoms with van der Waals surface area (Å²) in [5, 5.41) is 81.3. The van der Waals surface area contributed by atoms with Crippen molar-refractivity contribution in [3.05, 3.63) is 138 Å². The summed E-state index contributed by atoms with van der Waals surface area (Å²) in [7, 11) is 4.65. The van der Waals surface area contributed by atoms with Gasteiger partial charge in [0.15, 0.2) is 42.9 Å². The number of nitro benzene ring substituents is 4. The van der Waals surface area contributed by atoms with Crippen LogP contribution in [-0.4, -0.2) is 191 Å². The predicted octanol–water partition coefficient (Wildman–Crippen LogP) is 3.11. The van der Waals surface area contributed by atoms with Gasteiger partial charge in [0.25, 0.3) is 22.7 Å². The molecule has 4 saturated heterocycles. The largest absolute Gasteiger partial charge is 0.467 e. The third kappa shape index (κ3) is 13.3. The van der Waals surface area contributed by atoms with Crippen LogP contribution in [0.25, 0.3) is 0 Å². The molecule has 6 saturated carbocycles. The Morgan fingerprint density at radius 3 is 0.678 bits per heavy atom. The average Bonchev–Trinajstić information content (AvgIpc) is 1.43. The topological polar surface area (TPSA) is 509 Å². The highest BCUT2D eigenvalue weighted by molar-refractivity contribution is 7.81. The van der Waals surface area contributed by atoms with Crippen LogP contribution >= 0.6 is 48.9 Å². The highest BCUT2D eigenvalue weighted by atomic mass is 32.1. The van der Waals surface area contributed by atoms with Gasteiger partial charge >= 0.3 is 23.9 Å². The molecular weight excluding hydrogens is 1580 g/mol. The minimum Gasteiger partial charge on any atom is -0.467 e. The van der Waals surface area contributed by atoms with Crippen LogP contribution in [0.4, 0.5) is 45.5 Å². The molecule has 42 heteroatoms. The van der Waals surface area contributed by atoms with E-state index in [-0.39, 0.29) is 115 Å². The van der Waals surface area contributed by atoms with E-state index in [9.17, 15) is 40.5 Å². The van der Waals surface area contributed by atoms with Gasteiger partial charge in [0, 0.05) is 171 Å². The van der Waals surface area contributed by atoms with Crippen LogP contribution in [-0.2, 0) is 66.8 Å². The summed E-state index contributed by atoms with van der Waals surface area (Å²) >= 11 is 22.1. The third-order valence-corrected chi connectivity index (χ3v) is 26.5. The highest BCUT2D eigenvalue weighted by Gasteiger charge is 2.98. The van der Waals surface area contributed by atoms with E-state index in [1.165, 1.54) is 97.1 Å². The Morgan fingerprint density at radius 2 is 0.496 bits per heavy atom. The van der Waals surface area contributed by atoms with Crippen molar-refractivity contribution < 1.29 is 86.5 Å². The Labute approximate surface area is 675 Å². The molecule has 38 nitrogen and oxygen atoms in total. The summed E-state index contributed by atoms with van der Waals surface area (Å²) in [5.74, 6) is -24.7. The molecule has 4 aromatic rings. The number of anilines is 4. The monoisotopic (exact) mass is 1660 g/mol. The second-order valence-corrected chi connectivity index (χ2v) is 31.9. The number of nitro groups is 4. The van der Waals surface area contributed by atoms with Crippen LogP contribution < -0.4 is 63.8 Å². The average molecular weight is 1660 g/mol. The van der Waals surface area contributed by atoms with Crippen LogP contribution in [0.2, 0.25) is 0 Å². The summed E-state index contributed by atoms with van der Waals surface area (Å²) in [6.07, 6.45) is 0.339. The molecule has 4 aliphatic heterocycles. The lowest BCUT2D eigenvalue weighted by atomic mass is 9.41. The van der Waals surface area contributed by atoms with Gasteiger partial charge in [-0.15, -0.1) is 0 Å². The Balaban J connectivity index is 0.775. The first-order valence-corrected chi connectivity index (χ1v) is 38.7. The number of nitrogens with one attached hydrogen (secondary N) is 12. The van der Waals surface area contributed by atoms with Gasteiger partial charge in [0.2, 0.25) is 23.6 Å². The van der Waals surface area contributed by atoms with Gasteiger partial charge in [-0.1, -0.05) is 0 Å². The molecule has 0 spiro atoms. The predicted molar refractivity (Wildman–Crippen MR) is 419 cm³/mol. The maximum absolute atomic E-state index is 15.8. The third-order valence-electron chi connectivity index (χ3n) is 25.5. The number of amides is 4. The zero-order valence-corrected chi connectivity index (χ0v) is 65.1. The van der Waals surface area contributed by atoms with Gasteiger partial charge in [-0.05, 0) is 152 Å². The lowest BCUT2D eigenvalue weighted by molar-refractivity contribution is -0.385. The lowest BCUT2D eigenvalue weighted by Gasteiger charge is -2.57. The van der Waals surface area contributed by atoms with Crippen LogP contribution in [0.5, 0.6) is 0 Å². The number of ether oxygens (including phenoxy) is 6. The van der Waals surface area contributed by atoms with Crippen molar-refractivity contribution in [2.75, 3.05) is 102 Å². The number of hydrogen-bond acceptors (Lipinski definition) is 26. The van der Waals surface area contributed by atoms with Gasteiger partial charge in [-0.25, -0.2) is 19.2 Å². The zero-order chi connectivity index (χ0) is 82.1. The van der Waals surface area contributed by atoms with Crippen LogP contribution in [0.1, 0.15) is 19.3 Å². The molecule has 0 aromatic heterocycles. The van der Waals surface area contributed by atoms with E-state index >= 15 is 38.4 Å². The van der Waals surface area contributed by atoms with E-state index in [2.05, 4.69) is 63.8 Å². The van der Waals surface area contributed by atoms with E-state index in [1.54, 1.807) is 0 Å². The van der Waals surface area contributed by atoms with Crippen molar-refractivity contribution in [3.8, 4) is 0 Å². The molecule has 10 bridgehead atoms. The Bertz CT molecular complexity index is 4140. The maximum Gasteiger partial charge on any atom is 0.338 e. The molecule has 608 valence electrons.